The van der Waals surface area contributed by atoms with Gasteiger partial charge in [0.2, 0.25) is 0 Å². The Kier molecular flexibility index (Phi) is 4.45. The number of carbonyl (C=O) groups is 2. The molecule has 17 heavy (non-hydrogen) atoms. The van der Waals surface area contributed by atoms with Gasteiger partial charge in [0.05, 0.1) is 18.4 Å². The molecule has 0 saturated heterocycles. The van der Waals surface area contributed by atoms with E-state index in [0.717, 1.165) is 0 Å². The van der Waals surface area contributed by atoms with Crippen LogP contribution in [0.3, 0.4) is 0 Å². The molecule has 1 N–H and O–H groups in total. The standard InChI is InChI=1S/C11H14N2O4/c1-3-17-10(15)7-13(2)11(16)8-4-9(14)6-12-5-8/h4-6,14H,3,7H2,1-2H3. The van der Waals surface area contributed by atoms with Crippen molar-refractivity contribution in [3.63, 3.8) is 0 Å². The Morgan fingerprint density at radius 1 is 1.47 bits per heavy atom. The van der Waals surface area contributed by atoms with E-state index in [1.165, 1.54) is 30.4 Å². The van der Waals surface area contributed by atoms with E-state index in [1.54, 1.807) is 6.92 Å². The molecule has 0 saturated carbocycles. The Hall–Kier alpha value is -2.11. The fourth-order valence-electron chi connectivity index (χ4n) is 1.24. The van der Waals surface area contributed by atoms with Crippen LogP contribution in [0.4, 0.5) is 0 Å². The van der Waals surface area contributed by atoms with Crippen molar-refractivity contribution in [2.24, 2.45) is 0 Å². The van der Waals surface area contributed by atoms with Crippen molar-refractivity contribution in [2.45, 2.75) is 6.92 Å². The van der Waals surface area contributed by atoms with Crippen LogP contribution in [0.15, 0.2) is 18.5 Å². The highest BCUT2D eigenvalue weighted by Gasteiger charge is 2.16. The van der Waals surface area contributed by atoms with Crippen LogP contribution in [0.1, 0.15) is 17.3 Å². The van der Waals surface area contributed by atoms with E-state index in [0.29, 0.717) is 0 Å². The van der Waals surface area contributed by atoms with Crippen molar-refractivity contribution in [1.29, 1.82) is 0 Å². The molecular weight excluding hydrogens is 224 g/mol. The molecule has 0 spiro atoms. The molecule has 1 aromatic heterocycles. The normalized spacial score (nSPS) is 9.76. The third-order valence-electron chi connectivity index (χ3n) is 1.99. The number of amides is 1. The maximum atomic E-state index is 11.8. The molecule has 1 aromatic rings. The first-order valence-electron chi connectivity index (χ1n) is 5.09. The highest BCUT2D eigenvalue weighted by atomic mass is 16.5. The zero-order chi connectivity index (χ0) is 12.8. The molecule has 0 aliphatic carbocycles. The van der Waals surface area contributed by atoms with Gasteiger partial charge < -0.3 is 14.7 Å². The number of nitrogens with zero attached hydrogens (tertiary/aromatic N) is 2. The van der Waals surface area contributed by atoms with Crippen LogP contribution in [0.25, 0.3) is 0 Å². The molecule has 6 nitrogen and oxygen atoms in total. The lowest BCUT2D eigenvalue weighted by Crippen LogP contribution is -2.33. The third kappa shape index (κ3) is 3.75. The van der Waals surface area contributed by atoms with Crippen molar-refractivity contribution in [1.82, 2.24) is 9.88 Å². The highest BCUT2D eigenvalue weighted by molar-refractivity contribution is 5.95. The van der Waals surface area contributed by atoms with Gasteiger partial charge in [-0.15, -0.1) is 0 Å². The van der Waals surface area contributed by atoms with Crippen molar-refractivity contribution < 1.29 is 19.4 Å². The van der Waals surface area contributed by atoms with Gasteiger partial charge in [-0.1, -0.05) is 0 Å². The van der Waals surface area contributed by atoms with Crippen molar-refractivity contribution in [3.05, 3.63) is 24.0 Å². The summed E-state index contributed by atoms with van der Waals surface area (Å²) in [5.41, 5.74) is 0.219. The molecule has 0 fully saturated rings. The second-order valence-electron chi connectivity index (χ2n) is 3.40. The Morgan fingerprint density at radius 2 is 2.18 bits per heavy atom. The molecule has 0 radical (unpaired) electrons. The predicted octanol–water partition coefficient (Wildman–Crippen LogP) is 0.422. The van der Waals surface area contributed by atoms with Gasteiger partial charge in [0.15, 0.2) is 0 Å². The second kappa shape index (κ2) is 5.83. The Labute approximate surface area is 98.8 Å². The van der Waals surface area contributed by atoms with Crippen LogP contribution in [-0.4, -0.2) is 47.1 Å². The average molecular weight is 238 g/mol. The number of aromatic nitrogens is 1. The zero-order valence-electron chi connectivity index (χ0n) is 9.71. The summed E-state index contributed by atoms with van der Waals surface area (Å²) in [5.74, 6) is -0.974. The number of ether oxygens (including phenoxy) is 1. The molecule has 0 bridgehead atoms. The van der Waals surface area contributed by atoms with Gasteiger partial charge in [-0.25, -0.2) is 0 Å². The molecule has 92 valence electrons. The van der Waals surface area contributed by atoms with E-state index >= 15 is 0 Å². The summed E-state index contributed by atoms with van der Waals surface area (Å²) in [6.45, 7) is 1.83. The molecule has 0 atom stereocenters. The van der Waals surface area contributed by atoms with Gasteiger partial charge >= 0.3 is 5.97 Å². The largest absolute Gasteiger partial charge is 0.506 e. The van der Waals surface area contributed by atoms with Crippen LogP contribution in [0, 0.1) is 0 Å². The lowest BCUT2D eigenvalue weighted by atomic mass is 10.2. The number of carbonyl (C=O) groups excluding carboxylic acids is 2. The number of hydrogen-bond acceptors (Lipinski definition) is 5. The predicted molar refractivity (Wildman–Crippen MR) is 59.5 cm³/mol. The number of likely N-dealkylation sites (N-methyl/N-ethyl adjacent to an activating group) is 1. The average Bonchev–Trinajstić information content (AvgIpc) is 2.28. The summed E-state index contributed by atoms with van der Waals surface area (Å²) in [6.07, 6.45) is 2.55. The van der Waals surface area contributed by atoms with Crippen molar-refractivity contribution >= 4 is 11.9 Å². The van der Waals surface area contributed by atoms with Crippen LogP contribution in [0.5, 0.6) is 5.75 Å². The van der Waals surface area contributed by atoms with Crippen molar-refractivity contribution in [2.75, 3.05) is 20.2 Å². The summed E-state index contributed by atoms with van der Waals surface area (Å²) in [7, 11) is 1.48. The van der Waals surface area contributed by atoms with Gasteiger partial charge in [-0.2, -0.15) is 0 Å². The summed E-state index contributed by atoms with van der Waals surface area (Å²) in [4.78, 5) is 27.9. The van der Waals surface area contributed by atoms with Gasteiger partial charge in [-0.05, 0) is 13.0 Å². The summed E-state index contributed by atoms with van der Waals surface area (Å²) < 4.78 is 4.72. The summed E-state index contributed by atoms with van der Waals surface area (Å²) in [5, 5.41) is 9.18. The van der Waals surface area contributed by atoms with Crippen LogP contribution < -0.4 is 0 Å². The highest BCUT2D eigenvalue weighted by Crippen LogP contribution is 2.10. The van der Waals surface area contributed by atoms with E-state index in [1.807, 2.05) is 0 Å². The molecule has 1 heterocycles. The number of pyridine rings is 1. The molecule has 1 amide bonds. The SMILES string of the molecule is CCOC(=O)CN(C)C(=O)c1cncc(O)c1. The number of hydrogen-bond donors (Lipinski definition) is 1. The van der Waals surface area contributed by atoms with E-state index in [9.17, 15) is 14.7 Å². The first-order chi connectivity index (χ1) is 8.04. The third-order valence-corrected chi connectivity index (χ3v) is 1.99. The maximum Gasteiger partial charge on any atom is 0.325 e. The molecular formula is C11H14N2O4. The van der Waals surface area contributed by atoms with Gasteiger partial charge in [0.1, 0.15) is 12.3 Å². The van der Waals surface area contributed by atoms with Gasteiger partial charge in [-0.3, -0.25) is 14.6 Å². The van der Waals surface area contributed by atoms with Crippen LogP contribution in [0.2, 0.25) is 0 Å². The topological polar surface area (TPSA) is 79.7 Å². The van der Waals surface area contributed by atoms with E-state index < -0.39 is 11.9 Å². The van der Waals surface area contributed by atoms with E-state index in [2.05, 4.69) is 4.98 Å². The van der Waals surface area contributed by atoms with Crippen LogP contribution in [-0.2, 0) is 9.53 Å². The summed E-state index contributed by atoms with van der Waals surface area (Å²) in [6, 6.07) is 1.29. The second-order valence-corrected chi connectivity index (χ2v) is 3.40. The smallest absolute Gasteiger partial charge is 0.325 e. The Bertz CT molecular complexity index is 420. The lowest BCUT2D eigenvalue weighted by molar-refractivity contribution is -0.143. The minimum atomic E-state index is -0.475. The van der Waals surface area contributed by atoms with Gasteiger partial charge in [0.25, 0.3) is 5.91 Å². The number of aromatic hydroxyl groups is 1. The first-order valence-corrected chi connectivity index (χ1v) is 5.09. The maximum absolute atomic E-state index is 11.8. The van der Waals surface area contributed by atoms with Crippen LogP contribution >= 0.6 is 0 Å². The number of rotatable bonds is 4. The zero-order valence-corrected chi connectivity index (χ0v) is 9.71. The monoisotopic (exact) mass is 238 g/mol. The quantitative estimate of drug-likeness (QED) is 0.769. The molecule has 6 heteroatoms. The summed E-state index contributed by atoms with van der Waals surface area (Å²) >= 11 is 0. The first kappa shape index (κ1) is 13.0. The van der Waals surface area contributed by atoms with Gasteiger partial charge in [0, 0.05) is 13.2 Å². The molecule has 0 unspecified atom stereocenters. The number of esters is 1. The van der Waals surface area contributed by atoms with Crippen molar-refractivity contribution in [3.8, 4) is 5.75 Å². The Balaban J connectivity index is 2.67. The fraction of sp³-hybridized carbons (Fsp3) is 0.364. The van der Waals surface area contributed by atoms with E-state index in [4.69, 9.17) is 4.74 Å². The molecule has 0 aromatic carbocycles. The molecule has 0 aliphatic heterocycles. The minimum Gasteiger partial charge on any atom is -0.506 e. The minimum absolute atomic E-state index is 0.0969. The molecule has 1 rings (SSSR count). The lowest BCUT2D eigenvalue weighted by Gasteiger charge is -2.15. The molecule has 0 aliphatic rings. The Morgan fingerprint density at radius 3 is 2.76 bits per heavy atom. The fourth-order valence-corrected chi connectivity index (χ4v) is 1.24. The van der Waals surface area contributed by atoms with E-state index in [-0.39, 0.29) is 24.5 Å².